The van der Waals surface area contributed by atoms with Crippen molar-refractivity contribution in [2.24, 2.45) is 5.92 Å². The highest BCUT2D eigenvalue weighted by atomic mass is 16.5. The van der Waals surface area contributed by atoms with E-state index in [1.165, 1.54) is 17.7 Å². The van der Waals surface area contributed by atoms with Gasteiger partial charge in [-0.1, -0.05) is 39.2 Å². The lowest BCUT2D eigenvalue weighted by atomic mass is 9.99. The first-order chi connectivity index (χ1) is 12.0. The summed E-state index contributed by atoms with van der Waals surface area (Å²) in [6.07, 6.45) is 4.55. The second kappa shape index (κ2) is 11.3. The number of nitrogens with zero attached hydrogens (tertiary/aromatic N) is 1. The largest absolute Gasteiger partial charge is 0.484 e. The van der Waals surface area contributed by atoms with Crippen molar-refractivity contribution in [3.8, 4) is 5.75 Å². The Bertz CT molecular complexity index is 546. The van der Waals surface area contributed by atoms with Crippen molar-refractivity contribution in [1.29, 1.82) is 0 Å². The van der Waals surface area contributed by atoms with Crippen LogP contribution in [0.15, 0.2) is 24.3 Å². The van der Waals surface area contributed by atoms with Crippen molar-refractivity contribution in [2.45, 2.75) is 39.5 Å². The van der Waals surface area contributed by atoms with Gasteiger partial charge in [-0.25, -0.2) is 4.79 Å². The number of anilines is 1. The van der Waals surface area contributed by atoms with Crippen LogP contribution in [0.25, 0.3) is 0 Å². The van der Waals surface area contributed by atoms with Crippen molar-refractivity contribution in [3.05, 3.63) is 24.3 Å². The highest BCUT2D eigenvalue weighted by molar-refractivity contribution is 5.89. The average molecular weight is 349 g/mol. The number of nitrogens with one attached hydrogen (secondary N) is 2. The first kappa shape index (κ1) is 20.8. The van der Waals surface area contributed by atoms with Gasteiger partial charge < -0.3 is 20.3 Å². The van der Waals surface area contributed by atoms with Gasteiger partial charge in [0.25, 0.3) is 5.91 Å². The zero-order chi connectivity index (χ0) is 18.7. The van der Waals surface area contributed by atoms with Crippen molar-refractivity contribution in [3.63, 3.8) is 0 Å². The normalized spacial score (nSPS) is 11.5. The summed E-state index contributed by atoms with van der Waals surface area (Å²) in [5.74, 6) is 0.939. The van der Waals surface area contributed by atoms with Crippen LogP contribution >= 0.6 is 0 Å². The number of amides is 3. The summed E-state index contributed by atoms with van der Waals surface area (Å²) in [4.78, 5) is 25.1. The Labute approximate surface area is 150 Å². The molecule has 1 atom stereocenters. The molecule has 3 amide bonds. The Morgan fingerprint density at radius 1 is 1.24 bits per heavy atom. The van der Waals surface area contributed by atoms with E-state index >= 15 is 0 Å². The standard InChI is InChI=1S/C19H31N3O3/c1-5-7-9-15(6-2)13-20-19(24)21-16-10-8-11-17(12-16)25-14-18(23)22(3)4/h8,10-12,15H,5-7,9,13-14H2,1-4H3,(H2,20,21,24). The van der Waals surface area contributed by atoms with Crippen molar-refractivity contribution >= 4 is 17.6 Å². The number of hydrogen-bond donors (Lipinski definition) is 2. The van der Waals surface area contributed by atoms with Crippen molar-refractivity contribution in [1.82, 2.24) is 10.2 Å². The number of rotatable bonds is 10. The molecule has 140 valence electrons. The molecule has 1 aromatic rings. The van der Waals surface area contributed by atoms with E-state index in [9.17, 15) is 9.59 Å². The van der Waals surface area contributed by atoms with Crippen LogP contribution in [0.4, 0.5) is 10.5 Å². The number of urea groups is 1. The Balaban J connectivity index is 2.46. The first-order valence-corrected chi connectivity index (χ1v) is 8.94. The van der Waals surface area contributed by atoms with Crippen LogP contribution in [0.3, 0.4) is 0 Å². The molecule has 6 heteroatoms. The summed E-state index contributed by atoms with van der Waals surface area (Å²) >= 11 is 0. The summed E-state index contributed by atoms with van der Waals surface area (Å²) in [7, 11) is 3.36. The second-order valence-corrected chi connectivity index (χ2v) is 6.36. The highest BCUT2D eigenvalue weighted by Crippen LogP contribution is 2.17. The predicted molar refractivity (Wildman–Crippen MR) is 101 cm³/mol. The van der Waals surface area contributed by atoms with Crippen molar-refractivity contribution < 1.29 is 14.3 Å². The Hall–Kier alpha value is -2.24. The number of carbonyl (C=O) groups excluding carboxylic acids is 2. The van der Waals surface area contributed by atoms with Gasteiger partial charge in [0.05, 0.1) is 0 Å². The quantitative estimate of drug-likeness (QED) is 0.679. The van der Waals surface area contributed by atoms with Crippen LogP contribution in [0.2, 0.25) is 0 Å². The van der Waals surface area contributed by atoms with Crippen LogP contribution in [0.1, 0.15) is 39.5 Å². The molecule has 0 saturated heterocycles. The van der Waals surface area contributed by atoms with E-state index in [4.69, 9.17) is 4.74 Å². The zero-order valence-electron chi connectivity index (χ0n) is 15.8. The van der Waals surface area contributed by atoms with E-state index in [-0.39, 0.29) is 18.5 Å². The van der Waals surface area contributed by atoms with Crippen LogP contribution in [-0.2, 0) is 4.79 Å². The summed E-state index contributed by atoms with van der Waals surface area (Å²) in [6.45, 7) is 4.97. The number of hydrogen-bond acceptors (Lipinski definition) is 3. The van der Waals surface area contributed by atoms with Crippen LogP contribution in [0, 0.1) is 5.92 Å². The molecule has 1 rings (SSSR count). The third-order valence-corrected chi connectivity index (χ3v) is 4.05. The van der Waals surface area contributed by atoms with E-state index in [0.717, 1.165) is 12.8 Å². The van der Waals surface area contributed by atoms with E-state index in [1.807, 2.05) is 0 Å². The molecule has 2 N–H and O–H groups in total. The molecule has 25 heavy (non-hydrogen) atoms. The number of likely N-dealkylation sites (N-methyl/N-ethyl adjacent to an activating group) is 1. The topological polar surface area (TPSA) is 70.7 Å². The molecule has 0 heterocycles. The maximum absolute atomic E-state index is 12.0. The van der Waals surface area contributed by atoms with Crippen LogP contribution in [-0.4, -0.2) is 44.1 Å². The lowest BCUT2D eigenvalue weighted by molar-refractivity contribution is -0.130. The van der Waals surface area contributed by atoms with Gasteiger partial charge in [-0.3, -0.25) is 4.79 Å². The molecule has 0 aliphatic carbocycles. The third kappa shape index (κ3) is 8.42. The van der Waals surface area contributed by atoms with Gasteiger partial charge in [0.1, 0.15) is 5.75 Å². The van der Waals surface area contributed by atoms with E-state index in [0.29, 0.717) is 23.9 Å². The minimum atomic E-state index is -0.225. The molecule has 0 spiro atoms. The molecule has 0 bridgehead atoms. The Morgan fingerprint density at radius 3 is 2.64 bits per heavy atom. The van der Waals surface area contributed by atoms with Crippen LogP contribution < -0.4 is 15.4 Å². The first-order valence-electron chi connectivity index (χ1n) is 8.94. The summed E-state index contributed by atoms with van der Waals surface area (Å²) in [5.41, 5.74) is 0.633. The predicted octanol–water partition coefficient (Wildman–Crippen LogP) is 3.49. The number of ether oxygens (including phenoxy) is 1. The highest BCUT2D eigenvalue weighted by Gasteiger charge is 2.09. The van der Waals surface area contributed by atoms with Gasteiger partial charge in [-0.05, 0) is 24.5 Å². The molecule has 0 radical (unpaired) electrons. The molecule has 1 aromatic carbocycles. The summed E-state index contributed by atoms with van der Waals surface area (Å²) in [6, 6.07) is 6.80. The SMILES string of the molecule is CCCCC(CC)CNC(=O)Nc1cccc(OCC(=O)N(C)C)c1. The summed E-state index contributed by atoms with van der Waals surface area (Å²) in [5, 5.41) is 5.73. The van der Waals surface area contributed by atoms with Gasteiger partial charge in [-0.15, -0.1) is 0 Å². The fraction of sp³-hybridized carbons (Fsp3) is 0.579. The minimum Gasteiger partial charge on any atom is -0.484 e. The number of carbonyl (C=O) groups is 2. The molecule has 0 fully saturated rings. The zero-order valence-corrected chi connectivity index (χ0v) is 15.8. The molecule has 6 nitrogen and oxygen atoms in total. The minimum absolute atomic E-state index is 0.0295. The molecule has 0 saturated carbocycles. The molecule has 1 unspecified atom stereocenters. The molecular weight excluding hydrogens is 318 g/mol. The smallest absolute Gasteiger partial charge is 0.319 e. The van der Waals surface area contributed by atoms with E-state index < -0.39 is 0 Å². The monoisotopic (exact) mass is 349 g/mol. The summed E-state index contributed by atoms with van der Waals surface area (Å²) < 4.78 is 5.45. The van der Waals surface area contributed by atoms with Crippen LogP contribution in [0.5, 0.6) is 5.75 Å². The molecular formula is C19H31N3O3. The van der Waals surface area contributed by atoms with Gasteiger partial charge in [0.15, 0.2) is 6.61 Å². The molecule has 0 aromatic heterocycles. The lowest BCUT2D eigenvalue weighted by Gasteiger charge is -2.16. The second-order valence-electron chi connectivity index (χ2n) is 6.36. The fourth-order valence-electron chi connectivity index (χ4n) is 2.29. The maximum atomic E-state index is 12.0. The Morgan fingerprint density at radius 2 is 2.00 bits per heavy atom. The lowest BCUT2D eigenvalue weighted by Crippen LogP contribution is -2.33. The third-order valence-electron chi connectivity index (χ3n) is 4.05. The maximum Gasteiger partial charge on any atom is 0.319 e. The van der Waals surface area contributed by atoms with Gasteiger partial charge >= 0.3 is 6.03 Å². The molecule has 0 aliphatic rings. The van der Waals surface area contributed by atoms with Gasteiger partial charge in [0, 0.05) is 32.4 Å². The fourth-order valence-corrected chi connectivity index (χ4v) is 2.29. The van der Waals surface area contributed by atoms with E-state index in [1.54, 1.807) is 38.4 Å². The number of unbranched alkanes of at least 4 members (excludes halogenated alkanes) is 1. The van der Waals surface area contributed by atoms with Gasteiger partial charge in [0.2, 0.25) is 0 Å². The van der Waals surface area contributed by atoms with E-state index in [2.05, 4.69) is 24.5 Å². The molecule has 0 aliphatic heterocycles. The van der Waals surface area contributed by atoms with Crippen molar-refractivity contribution in [2.75, 3.05) is 32.6 Å². The Kier molecular flexibility index (Phi) is 9.43. The number of benzene rings is 1. The average Bonchev–Trinajstić information content (AvgIpc) is 2.60. The van der Waals surface area contributed by atoms with Gasteiger partial charge in [-0.2, -0.15) is 0 Å².